The molecule has 0 unspecified atom stereocenters. The van der Waals surface area contributed by atoms with Crippen LogP contribution < -0.4 is 0 Å². The van der Waals surface area contributed by atoms with Gasteiger partial charge in [-0.25, -0.2) is 0 Å². The van der Waals surface area contributed by atoms with Gasteiger partial charge in [0.25, 0.3) is 0 Å². The Balaban J connectivity index is 4.17. The van der Waals surface area contributed by atoms with E-state index < -0.39 is 15.1 Å². The van der Waals surface area contributed by atoms with Crippen molar-refractivity contribution in [2.75, 3.05) is 0 Å². The maximum absolute atomic E-state index is 10.9. The van der Waals surface area contributed by atoms with Gasteiger partial charge in [0.05, 0.1) is 0 Å². The summed E-state index contributed by atoms with van der Waals surface area (Å²) in [6, 6.07) is 0. The third kappa shape index (κ3) is 1.72. The zero-order valence-corrected chi connectivity index (χ0v) is 4.23. The Kier molecular flexibility index (Phi) is 2.32. The molecule has 0 aliphatic carbocycles. The molecule has 0 aliphatic rings. The van der Waals surface area contributed by atoms with Crippen molar-refractivity contribution in [3.8, 4) is 0 Å². The molecular formula is BF2NO3S. The third-order valence-corrected chi connectivity index (χ3v) is 0.872. The van der Waals surface area contributed by atoms with E-state index in [1.807, 2.05) is 0 Å². The Labute approximate surface area is 45.6 Å². The second kappa shape index (κ2) is 2.38. The van der Waals surface area contributed by atoms with Gasteiger partial charge in [0.15, 0.2) is 4.75 Å². The minimum atomic E-state index is -4.96. The fourth-order valence-corrected chi connectivity index (χ4v) is 0.0976. The summed E-state index contributed by atoms with van der Waals surface area (Å²) in [5.74, 6) is 0. The molecule has 0 heterocycles. The molecule has 0 fully saturated rings. The summed E-state index contributed by atoms with van der Waals surface area (Å²) < 4.78 is 41.5. The summed E-state index contributed by atoms with van der Waals surface area (Å²) in [6.07, 6.45) is 0. The SMILES string of the molecule is [B]OS(=O)(=O)N(F)F. The van der Waals surface area contributed by atoms with Crippen LogP contribution >= 0.6 is 0 Å². The summed E-state index contributed by atoms with van der Waals surface area (Å²) >= 11 is 0. The normalized spacial score (nSPS) is 12.4. The average molecular weight is 143 g/mol. The van der Waals surface area contributed by atoms with E-state index in [1.165, 1.54) is 0 Å². The first-order valence-electron chi connectivity index (χ1n) is 1.26. The number of nitrogens with zero attached hydrogens (tertiary/aromatic N) is 1. The van der Waals surface area contributed by atoms with Crippen LogP contribution in [0.3, 0.4) is 0 Å². The molecule has 0 saturated carbocycles. The molecule has 0 saturated heterocycles. The highest BCUT2D eigenvalue weighted by atomic mass is 32.2. The Hall–Kier alpha value is -0.205. The van der Waals surface area contributed by atoms with Crippen molar-refractivity contribution in [1.82, 2.24) is 4.75 Å². The highest BCUT2D eigenvalue weighted by Crippen LogP contribution is 2.00. The average Bonchev–Trinajstić information content (AvgIpc) is 1.67. The van der Waals surface area contributed by atoms with Crippen LogP contribution in [0.5, 0.6) is 0 Å². The standard InChI is InChI=1S/BF2NO3S/c1-7-8(5,6)4(2)3. The lowest BCUT2D eigenvalue weighted by molar-refractivity contribution is -0.0615. The number of hydrogen-bond donors (Lipinski definition) is 0. The monoisotopic (exact) mass is 143 g/mol. The molecule has 4 nitrogen and oxygen atoms in total. The van der Waals surface area contributed by atoms with E-state index in [-0.39, 0.29) is 0 Å². The van der Waals surface area contributed by atoms with Crippen molar-refractivity contribution in [1.29, 1.82) is 0 Å². The van der Waals surface area contributed by atoms with Crippen LogP contribution in [-0.2, 0) is 14.4 Å². The van der Waals surface area contributed by atoms with Gasteiger partial charge in [-0.1, -0.05) is 8.96 Å². The van der Waals surface area contributed by atoms with E-state index in [2.05, 4.69) is 12.1 Å². The zero-order valence-electron chi connectivity index (χ0n) is 3.41. The van der Waals surface area contributed by atoms with Crippen LogP contribution in [0, 0.1) is 0 Å². The first kappa shape index (κ1) is 7.79. The summed E-state index contributed by atoms with van der Waals surface area (Å²) in [6.45, 7) is 0. The minimum Gasteiger partial charge on any atom is -0.332 e. The van der Waals surface area contributed by atoms with E-state index >= 15 is 0 Å². The van der Waals surface area contributed by atoms with Gasteiger partial charge < -0.3 is 4.10 Å². The second-order valence-electron chi connectivity index (χ2n) is 0.726. The summed E-state index contributed by atoms with van der Waals surface area (Å²) in [5.41, 5.74) is 0. The quantitative estimate of drug-likeness (QED) is 0.383. The largest absolute Gasteiger partial charge is 0.378 e. The van der Waals surface area contributed by atoms with E-state index in [0.29, 0.717) is 0 Å². The molecule has 2 radical (unpaired) electrons. The molecule has 0 N–H and O–H groups in total. The molecule has 0 aromatic rings. The molecule has 46 valence electrons. The Morgan fingerprint density at radius 2 is 1.88 bits per heavy atom. The van der Waals surface area contributed by atoms with Crippen molar-refractivity contribution < 1.29 is 21.5 Å². The molecule has 0 atom stereocenters. The van der Waals surface area contributed by atoms with E-state index in [4.69, 9.17) is 0 Å². The van der Waals surface area contributed by atoms with Crippen LogP contribution in [-0.4, -0.2) is 21.2 Å². The first-order chi connectivity index (χ1) is 3.50. The fourth-order valence-electron chi connectivity index (χ4n) is 0.0325. The van der Waals surface area contributed by atoms with Gasteiger partial charge in [-0.15, -0.1) is 0 Å². The predicted octanol–water partition coefficient (Wildman–Crippen LogP) is -0.598. The Morgan fingerprint density at radius 3 is 1.88 bits per heavy atom. The van der Waals surface area contributed by atoms with E-state index in [1.54, 1.807) is 0 Å². The highest BCUT2D eigenvalue weighted by Gasteiger charge is 2.19. The van der Waals surface area contributed by atoms with Gasteiger partial charge >= 0.3 is 18.4 Å². The Bertz CT molecular complexity index is 151. The fraction of sp³-hybridized carbons (Fsp3) is 0. The molecule has 0 spiro atoms. The summed E-state index contributed by atoms with van der Waals surface area (Å²) in [5, 5.41) is 0. The van der Waals surface area contributed by atoms with Crippen LogP contribution in [0.15, 0.2) is 0 Å². The topological polar surface area (TPSA) is 46.6 Å². The molecule has 0 bridgehead atoms. The van der Waals surface area contributed by atoms with Gasteiger partial charge in [0.2, 0.25) is 0 Å². The van der Waals surface area contributed by atoms with Gasteiger partial charge in [-0.05, 0) is 0 Å². The Morgan fingerprint density at radius 1 is 1.50 bits per heavy atom. The molecule has 0 amide bonds. The van der Waals surface area contributed by atoms with Crippen LogP contribution in [0.25, 0.3) is 0 Å². The van der Waals surface area contributed by atoms with Gasteiger partial charge in [0.1, 0.15) is 0 Å². The minimum absolute atomic E-state index is 2.13. The lowest BCUT2D eigenvalue weighted by Gasteiger charge is -1.96. The second-order valence-corrected chi connectivity index (χ2v) is 2.05. The molecule has 0 aromatic heterocycles. The summed E-state index contributed by atoms with van der Waals surface area (Å²) in [7, 11) is -1.06. The maximum atomic E-state index is 10.9. The van der Waals surface area contributed by atoms with Crippen LogP contribution in [0.1, 0.15) is 0 Å². The highest BCUT2D eigenvalue weighted by molar-refractivity contribution is 7.84. The first-order valence-corrected chi connectivity index (χ1v) is 2.62. The molecule has 0 aromatic carbocycles. The molecular weight excluding hydrogens is 143 g/mol. The van der Waals surface area contributed by atoms with Crippen molar-refractivity contribution in [3.05, 3.63) is 0 Å². The molecule has 0 rings (SSSR count). The lowest BCUT2D eigenvalue weighted by atomic mass is 10.6. The third-order valence-electron chi connectivity index (χ3n) is 0.291. The van der Waals surface area contributed by atoms with E-state index in [9.17, 15) is 17.4 Å². The van der Waals surface area contributed by atoms with E-state index in [0.717, 1.165) is 0 Å². The number of halogens is 2. The van der Waals surface area contributed by atoms with Crippen LogP contribution in [0.4, 0.5) is 8.96 Å². The van der Waals surface area contributed by atoms with Crippen molar-refractivity contribution in [2.45, 2.75) is 0 Å². The maximum Gasteiger partial charge on any atom is 0.378 e. The number of hydrogen-bond acceptors (Lipinski definition) is 3. The van der Waals surface area contributed by atoms with Gasteiger partial charge in [-0.3, -0.25) is 0 Å². The predicted molar refractivity (Wildman–Crippen MR) is 19.8 cm³/mol. The van der Waals surface area contributed by atoms with Crippen molar-refractivity contribution in [2.24, 2.45) is 0 Å². The summed E-state index contributed by atoms with van der Waals surface area (Å²) in [4.78, 5) is 0. The van der Waals surface area contributed by atoms with Crippen LogP contribution in [0.2, 0.25) is 0 Å². The lowest BCUT2D eigenvalue weighted by Crippen LogP contribution is -2.15. The van der Waals surface area contributed by atoms with Gasteiger partial charge in [0, 0.05) is 0 Å². The van der Waals surface area contributed by atoms with Crippen molar-refractivity contribution >= 4 is 18.4 Å². The molecule has 0 aliphatic heterocycles. The molecule has 8 heavy (non-hydrogen) atoms. The molecule has 8 heteroatoms. The van der Waals surface area contributed by atoms with Gasteiger partial charge in [-0.2, -0.15) is 8.42 Å². The number of rotatable bonds is 2. The zero-order chi connectivity index (χ0) is 6.78. The van der Waals surface area contributed by atoms with Crippen molar-refractivity contribution in [3.63, 3.8) is 0 Å². The smallest absolute Gasteiger partial charge is 0.332 e.